The number of carbonyl (C=O) groups excluding carboxylic acids is 2. The van der Waals surface area contributed by atoms with Gasteiger partial charge in [0, 0.05) is 19.8 Å². The zero-order chi connectivity index (χ0) is 40.1. The summed E-state index contributed by atoms with van der Waals surface area (Å²) in [5, 5.41) is 0.243. The summed E-state index contributed by atoms with van der Waals surface area (Å²) in [6, 6.07) is 10.2. The average molecular weight is 775 g/mol. The minimum atomic E-state index is -2.04. The largest absolute Gasteiger partial charge is 0.462 e. The van der Waals surface area contributed by atoms with Crippen LogP contribution in [0, 0.1) is 23.2 Å². The smallest absolute Gasteiger partial charge is 0.302 e. The van der Waals surface area contributed by atoms with Crippen LogP contribution in [0.3, 0.4) is 0 Å². The Bertz CT molecular complexity index is 1600. The first kappa shape index (κ1) is 43.1. The van der Waals surface area contributed by atoms with Crippen LogP contribution in [0.5, 0.6) is 0 Å². The van der Waals surface area contributed by atoms with Crippen molar-refractivity contribution in [3.05, 3.63) is 71.3 Å². The number of esters is 1. The van der Waals surface area contributed by atoms with Gasteiger partial charge in [0.05, 0.1) is 17.6 Å². The van der Waals surface area contributed by atoms with Crippen molar-refractivity contribution in [3.8, 4) is 0 Å². The number of fused-ring (bicyclic) bond motifs is 1. The number of Topliss-reactive ketones (excluding diaryl/α,β-unsaturated/α-hetero) is 1. The van der Waals surface area contributed by atoms with Crippen LogP contribution in [0.4, 0.5) is 0 Å². The molecule has 7 atom stereocenters. The molecule has 7 heteroatoms. The summed E-state index contributed by atoms with van der Waals surface area (Å²) in [4.78, 5) is 26.5. The maximum absolute atomic E-state index is 14.0. The molecule has 4 fully saturated rings. The molecule has 1 aromatic rings. The molecule has 0 aromatic heterocycles. The van der Waals surface area contributed by atoms with Crippen molar-refractivity contribution in [2.45, 2.75) is 187 Å². The van der Waals surface area contributed by atoms with E-state index in [0.29, 0.717) is 18.3 Å². The van der Waals surface area contributed by atoms with Crippen LogP contribution in [0.1, 0.15) is 132 Å². The molecule has 4 aliphatic carbocycles. The fraction of sp³-hybridized carbons (Fsp3) is 0.702. The van der Waals surface area contributed by atoms with E-state index in [1.165, 1.54) is 18.1 Å². The number of allylic oxidation sites excluding steroid dienone is 3. The second kappa shape index (κ2) is 15.7. The summed E-state index contributed by atoms with van der Waals surface area (Å²) in [5.41, 5.74) is 4.71. The van der Waals surface area contributed by atoms with Gasteiger partial charge in [0.2, 0.25) is 0 Å². The van der Waals surface area contributed by atoms with Crippen LogP contribution in [-0.4, -0.2) is 46.7 Å². The Balaban J connectivity index is 1.38. The SMILES string of the molecule is C=C1C(=CC=C2CCC[C@]3(C)[C@@H]([C@H](C)C(CC(=O)C4(c5ccccc5)CC4)OC(C)=O)CC[C@@H]23)C[C@@H](O[Si](C)(C)C(C)(C)C)C[C@@H]1O[Si](C)(C)C(C)(C)C. The predicted molar refractivity (Wildman–Crippen MR) is 229 cm³/mol. The maximum Gasteiger partial charge on any atom is 0.302 e. The van der Waals surface area contributed by atoms with Crippen LogP contribution in [0.2, 0.25) is 36.3 Å². The lowest BCUT2D eigenvalue weighted by Gasteiger charge is -2.46. The lowest BCUT2D eigenvalue weighted by molar-refractivity contribution is -0.153. The maximum atomic E-state index is 14.0. The minimum absolute atomic E-state index is 0.0371. The summed E-state index contributed by atoms with van der Waals surface area (Å²) in [5.74, 6) is 0.869. The van der Waals surface area contributed by atoms with E-state index in [0.717, 1.165) is 68.9 Å². The Morgan fingerprint density at radius 3 is 2.11 bits per heavy atom. The number of ether oxygens (including phenoxy) is 1. The van der Waals surface area contributed by atoms with Gasteiger partial charge < -0.3 is 13.6 Å². The summed E-state index contributed by atoms with van der Waals surface area (Å²) in [7, 11) is -4.04. The Morgan fingerprint density at radius 1 is 0.926 bits per heavy atom. The summed E-state index contributed by atoms with van der Waals surface area (Å²) < 4.78 is 20.3. The van der Waals surface area contributed by atoms with Crippen LogP contribution in [0.15, 0.2) is 65.8 Å². The molecule has 54 heavy (non-hydrogen) atoms. The van der Waals surface area contributed by atoms with Crippen LogP contribution >= 0.6 is 0 Å². The lowest BCUT2D eigenvalue weighted by atomic mass is 9.60. The summed E-state index contributed by atoms with van der Waals surface area (Å²) >= 11 is 0. The summed E-state index contributed by atoms with van der Waals surface area (Å²) in [6.45, 7) is 34.2. The summed E-state index contributed by atoms with van der Waals surface area (Å²) in [6.07, 6.45) is 13.9. The Labute approximate surface area is 331 Å². The second-order valence-electron chi connectivity index (χ2n) is 20.9. The molecule has 1 aromatic carbocycles. The molecule has 4 saturated carbocycles. The monoisotopic (exact) mass is 775 g/mol. The molecule has 0 saturated heterocycles. The van der Waals surface area contributed by atoms with Gasteiger partial charge in [0.15, 0.2) is 16.6 Å². The first-order chi connectivity index (χ1) is 24.9. The van der Waals surface area contributed by atoms with Gasteiger partial charge in [-0.15, -0.1) is 0 Å². The molecule has 1 unspecified atom stereocenters. The Morgan fingerprint density at radius 2 is 1.54 bits per heavy atom. The van der Waals surface area contributed by atoms with Gasteiger partial charge in [-0.25, -0.2) is 0 Å². The first-order valence-electron chi connectivity index (χ1n) is 21.1. The van der Waals surface area contributed by atoms with Crippen molar-refractivity contribution in [3.63, 3.8) is 0 Å². The molecular weight excluding hydrogens is 701 g/mol. The molecule has 0 spiro atoms. The van der Waals surface area contributed by atoms with Gasteiger partial charge in [-0.3, -0.25) is 9.59 Å². The van der Waals surface area contributed by atoms with Crippen LogP contribution in [0.25, 0.3) is 0 Å². The third kappa shape index (κ3) is 8.90. The predicted octanol–water partition coefficient (Wildman–Crippen LogP) is 12.4. The van der Waals surface area contributed by atoms with E-state index in [9.17, 15) is 9.59 Å². The first-order valence-corrected chi connectivity index (χ1v) is 26.9. The van der Waals surface area contributed by atoms with Crippen LogP contribution in [-0.2, 0) is 28.6 Å². The molecule has 0 amide bonds. The van der Waals surface area contributed by atoms with Gasteiger partial charge in [0.1, 0.15) is 11.9 Å². The quantitative estimate of drug-likeness (QED) is 0.156. The zero-order valence-electron chi connectivity index (χ0n) is 36.3. The molecular formula is C47H74O5Si2. The van der Waals surface area contributed by atoms with E-state index < -0.39 is 28.2 Å². The Kier molecular flexibility index (Phi) is 12.5. The van der Waals surface area contributed by atoms with Crippen molar-refractivity contribution < 1.29 is 23.2 Å². The number of ketones is 1. The van der Waals surface area contributed by atoms with Gasteiger partial charge in [-0.2, -0.15) is 0 Å². The van der Waals surface area contributed by atoms with E-state index in [1.807, 2.05) is 18.2 Å². The second-order valence-corrected chi connectivity index (χ2v) is 30.5. The van der Waals surface area contributed by atoms with Crippen molar-refractivity contribution >= 4 is 28.4 Å². The minimum Gasteiger partial charge on any atom is -0.462 e. The van der Waals surface area contributed by atoms with Crippen molar-refractivity contribution in [2.24, 2.45) is 23.2 Å². The number of hydrogen-bond donors (Lipinski definition) is 0. The van der Waals surface area contributed by atoms with Gasteiger partial charge in [-0.1, -0.05) is 110 Å². The van der Waals surface area contributed by atoms with Gasteiger partial charge >= 0.3 is 5.97 Å². The molecule has 0 N–H and O–H groups in total. The van der Waals surface area contributed by atoms with E-state index in [2.05, 4.69) is 106 Å². The van der Waals surface area contributed by atoms with E-state index in [-0.39, 0.29) is 45.4 Å². The molecule has 5 rings (SSSR count). The fourth-order valence-corrected chi connectivity index (χ4v) is 12.4. The van der Waals surface area contributed by atoms with Gasteiger partial charge in [-0.05, 0) is 128 Å². The average Bonchev–Trinajstić information content (AvgIpc) is 3.80. The molecule has 300 valence electrons. The molecule has 0 aliphatic heterocycles. The molecule has 0 radical (unpaired) electrons. The third-order valence-electron chi connectivity index (χ3n) is 15.3. The normalized spacial score (nSPS) is 30.2. The standard InChI is InChI=1S/C47H74O5Si2/c1-32-36(29-38(51-53(11,12)44(4,5)6)30-42(32)52-54(13,14)45(7,8)9)23-22-35-19-18-26-46(10)39(24-25-40(35)46)33(2)41(50-34(3)48)31-43(49)47(27-28-47)37-20-16-15-17-21-37/h15-17,20-23,33,38-42H,1,18-19,24-31H2,2-14H3/t33-,38+,39+,40-,41?,42-,46+/m0/s1. The molecule has 4 aliphatic rings. The molecule has 0 bridgehead atoms. The number of hydrogen-bond acceptors (Lipinski definition) is 5. The zero-order valence-corrected chi connectivity index (χ0v) is 38.3. The van der Waals surface area contributed by atoms with Crippen molar-refractivity contribution in [1.82, 2.24) is 0 Å². The van der Waals surface area contributed by atoms with Crippen LogP contribution < -0.4 is 0 Å². The number of benzene rings is 1. The van der Waals surface area contributed by atoms with Gasteiger partial charge in [0.25, 0.3) is 0 Å². The lowest BCUT2D eigenvalue weighted by Crippen LogP contribution is -2.49. The topological polar surface area (TPSA) is 61.8 Å². The highest BCUT2D eigenvalue weighted by Gasteiger charge is 2.55. The Hall–Kier alpha value is -2.07. The van der Waals surface area contributed by atoms with E-state index >= 15 is 0 Å². The highest BCUT2D eigenvalue weighted by Crippen LogP contribution is 2.60. The molecule has 5 nitrogen and oxygen atoms in total. The fourth-order valence-electron chi connectivity index (χ4n) is 9.70. The van der Waals surface area contributed by atoms with E-state index in [4.69, 9.17) is 20.2 Å². The number of carbonyl (C=O) groups is 2. The highest BCUT2D eigenvalue weighted by molar-refractivity contribution is 6.74. The highest BCUT2D eigenvalue weighted by atomic mass is 28.4. The van der Waals surface area contributed by atoms with Crippen molar-refractivity contribution in [1.29, 1.82) is 0 Å². The molecule has 0 heterocycles. The van der Waals surface area contributed by atoms with E-state index in [1.54, 1.807) is 0 Å². The number of rotatable bonds is 12. The third-order valence-corrected chi connectivity index (χ3v) is 24.3. The van der Waals surface area contributed by atoms with Crippen molar-refractivity contribution in [2.75, 3.05) is 0 Å².